The fraction of sp³-hybridized carbons (Fsp3) is 0.115. The molecule has 0 saturated carbocycles. The van der Waals surface area contributed by atoms with Crippen molar-refractivity contribution >= 4 is 17.6 Å². The summed E-state index contributed by atoms with van der Waals surface area (Å²) in [6, 6.07) is 22.0. The van der Waals surface area contributed by atoms with Gasteiger partial charge in [-0.15, -0.1) is 0 Å². The lowest BCUT2D eigenvalue weighted by Gasteiger charge is -2.10. The summed E-state index contributed by atoms with van der Waals surface area (Å²) in [6.07, 6.45) is 0. The van der Waals surface area contributed by atoms with Crippen molar-refractivity contribution in [3.8, 4) is 16.9 Å². The fourth-order valence-corrected chi connectivity index (χ4v) is 3.44. The van der Waals surface area contributed by atoms with Crippen LogP contribution in [0.2, 0.25) is 0 Å². The Kier molecular flexibility index (Phi) is 6.31. The zero-order valence-electron chi connectivity index (χ0n) is 18.2. The minimum atomic E-state index is -0.513. The number of esters is 1. The Morgan fingerprint density at radius 1 is 1.00 bits per heavy atom. The number of hydrogen-bond donors (Lipinski definition) is 1. The predicted molar refractivity (Wildman–Crippen MR) is 124 cm³/mol. The second-order valence-corrected chi connectivity index (χ2v) is 7.43. The van der Waals surface area contributed by atoms with Gasteiger partial charge in [-0.2, -0.15) is 5.10 Å². The van der Waals surface area contributed by atoms with E-state index < -0.39 is 17.7 Å². The molecule has 1 aromatic heterocycles. The van der Waals surface area contributed by atoms with Crippen molar-refractivity contribution in [1.82, 2.24) is 9.78 Å². The van der Waals surface area contributed by atoms with Crippen LogP contribution in [0.1, 0.15) is 33.3 Å². The molecule has 0 atom stereocenters. The maximum Gasteiger partial charge on any atom is 0.358 e. The summed E-state index contributed by atoms with van der Waals surface area (Å²) in [5.41, 5.74) is 4.15. The Labute approximate surface area is 190 Å². The first kappa shape index (κ1) is 22.0. The van der Waals surface area contributed by atoms with Crippen LogP contribution in [-0.4, -0.2) is 28.3 Å². The molecule has 0 bridgehead atoms. The number of amides is 1. The van der Waals surface area contributed by atoms with Gasteiger partial charge < -0.3 is 10.1 Å². The lowest BCUT2D eigenvalue weighted by atomic mass is 10.1. The number of rotatable bonds is 6. The van der Waals surface area contributed by atoms with Gasteiger partial charge in [-0.25, -0.2) is 13.9 Å². The number of hydrogen-bond acceptors (Lipinski definition) is 4. The van der Waals surface area contributed by atoms with Crippen LogP contribution in [-0.2, 0) is 4.74 Å². The molecule has 1 amide bonds. The summed E-state index contributed by atoms with van der Waals surface area (Å²) in [6.45, 7) is 3.95. The van der Waals surface area contributed by atoms with Crippen molar-refractivity contribution in [3.63, 3.8) is 0 Å². The van der Waals surface area contributed by atoms with Crippen molar-refractivity contribution in [1.29, 1.82) is 0 Å². The summed E-state index contributed by atoms with van der Waals surface area (Å²) >= 11 is 0. The van der Waals surface area contributed by atoms with E-state index in [1.807, 2.05) is 37.3 Å². The highest BCUT2D eigenvalue weighted by molar-refractivity contribution is 6.04. The zero-order chi connectivity index (χ0) is 23.4. The van der Waals surface area contributed by atoms with Crippen LogP contribution in [0.15, 0.2) is 78.9 Å². The smallest absolute Gasteiger partial charge is 0.358 e. The van der Waals surface area contributed by atoms with Crippen LogP contribution >= 0.6 is 0 Å². The van der Waals surface area contributed by atoms with E-state index in [1.54, 1.807) is 41.9 Å². The summed E-state index contributed by atoms with van der Waals surface area (Å²) in [5.74, 6) is -1.42. The minimum absolute atomic E-state index is 0.183. The molecule has 0 unspecified atom stereocenters. The highest BCUT2D eigenvalue weighted by Crippen LogP contribution is 2.27. The van der Waals surface area contributed by atoms with Crippen molar-refractivity contribution in [3.05, 3.63) is 102 Å². The first-order chi connectivity index (χ1) is 15.9. The molecule has 6 nitrogen and oxygen atoms in total. The van der Waals surface area contributed by atoms with E-state index in [-0.39, 0.29) is 17.9 Å². The molecule has 0 fully saturated rings. The normalized spacial score (nSPS) is 10.6. The number of aryl methyl sites for hydroxylation is 1. The van der Waals surface area contributed by atoms with Crippen molar-refractivity contribution in [2.24, 2.45) is 0 Å². The Morgan fingerprint density at radius 3 is 2.55 bits per heavy atom. The monoisotopic (exact) mass is 443 g/mol. The van der Waals surface area contributed by atoms with Crippen LogP contribution in [0.3, 0.4) is 0 Å². The quantitative estimate of drug-likeness (QED) is 0.404. The molecule has 0 saturated heterocycles. The molecule has 1 N–H and O–H groups in total. The SMILES string of the molecule is CCOC(=O)c1cc(-c2cccc(NC(=O)c3cccc(F)c3)c2)n(-c2cccc(C)c2)n1. The van der Waals surface area contributed by atoms with Crippen molar-refractivity contribution in [2.45, 2.75) is 13.8 Å². The predicted octanol–water partition coefficient (Wildman–Crippen LogP) is 5.42. The van der Waals surface area contributed by atoms with E-state index in [2.05, 4.69) is 10.4 Å². The first-order valence-corrected chi connectivity index (χ1v) is 10.5. The topological polar surface area (TPSA) is 73.2 Å². The maximum absolute atomic E-state index is 13.5. The average Bonchev–Trinajstić information content (AvgIpc) is 3.25. The number of nitrogens with zero attached hydrogens (tertiary/aromatic N) is 2. The fourth-order valence-electron chi connectivity index (χ4n) is 3.44. The number of ether oxygens (including phenoxy) is 1. The number of nitrogens with one attached hydrogen (secondary N) is 1. The molecule has 0 aliphatic carbocycles. The largest absolute Gasteiger partial charge is 0.461 e. The zero-order valence-corrected chi connectivity index (χ0v) is 18.2. The molecular weight excluding hydrogens is 421 g/mol. The van der Waals surface area contributed by atoms with Crippen molar-refractivity contribution in [2.75, 3.05) is 11.9 Å². The molecule has 33 heavy (non-hydrogen) atoms. The van der Waals surface area contributed by atoms with E-state index >= 15 is 0 Å². The molecule has 0 aliphatic heterocycles. The average molecular weight is 443 g/mol. The summed E-state index contributed by atoms with van der Waals surface area (Å²) in [4.78, 5) is 24.9. The van der Waals surface area contributed by atoms with Gasteiger partial charge in [0, 0.05) is 16.8 Å². The third kappa shape index (κ3) is 4.98. The highest BCUT2D eigenvalue weighted by Gasteiger charge is 2.18. The van der Waals surface area contributed by atoms with E-state index in [4.69, 9.17) is 4.74 Å². The Hall–Kier alpha value is -4.26. The van der Waals surface area contributed by atoms with Crippen LogP contribution in [0, 0.1) is 12.7 Å². The number of carbonyl (C=O) groups excluding carboxylic acids is 2. The van der Waals surface area contributed by atoms with Crippen molar-refractivity contribution < 1.29 is 18.7 Å². The molecule has 4 rings (SSSR count). The van der Waals surface area contributed by atoms with Gasteiger partial charge in [0.05, 0.1) is 18.0 Å². The van der Waals surface area contributed by atoms with Gasteiger partial charge in [0.2, 0.25) is 0 Å². The van der Waals surface area contributed by atoms with Gasteiger partial charge in [0.25, 0.3) is 5.91 Å². The van der Waals surface area contributed by atoms with E-state index in [0.717, 1.165) is 16.8 Å². The number of halogens is 1. The highest BCUT2D eigenvalue weighted by atomic mass is 19.1. The molecule has 0 aliphatic rings. The van der Waals surface area contributed by atoms with Gasteiger partial charge >= 0.3 is 5.97 Å². The summed E-state index contributed by atoms with van der Waals surface area (Å²) in [5, 5.41) is 7.26. The summed E-state index contributed by atoms with van der Waals surface area (Å²) < 4.78 is 20.3. The molecule has 4 aromatic rings. The van der Waals surface area contributed by atoms with E-state index in [9.17, 15) is 14.0 Å². The number of anilines is 1. The Morgan fingerprint density at radius 2 is 1.79 bits per heavy atom. The van der Waals surface area contributed by atoms with Crippen LogP contribution in [0.25, 0.3) is 16.9 Å². The van der Waals surface area contributed by atoms with Gasteiger partial charge in [-0.1, -0.05) is 30.3 Å². The molecular formula is C26H22FN3O3. The van der Waals surface area contributed by atoms with Gasteiger partial charge in [-0.05, 0) is 67.9 Å². The van der Waals surface area contributed by atoms with Crippen LogP contribution in [0.4, 0.5) is 10.1 Å². The van der Waals surface area contributed by atoms with Gasteiger partial charge in [0.15, 0.2) is 5.69 Å². The molecule has 1 heterocycles. The molecule has 166 valence electrons. The second-order valence-electron chi connectivity index (χ2n) is 7.43. The third-order valence-electron chi connectivity index (χ3n) is 4.94. The van der Waals surface area contributed by atoms with Gasteiger partial charge in [-0.3, -0.25) is 4.79 Å². The molecule has 0 radical (unpaired) electrons. The standard InChI is InChI=1S/C26H22FN3O3/c1-3-33-26(32)23-16-24(30(29-23)22-12-4-7-17(2)13-22)18-8-6-11-21(15-18)28-25(31)19-9-5-10-20(27)14-19/h4-16H,3H2,1-2H3,(H,28,31). The second kappa shape index (κ2) is 9.48. The number of aromatic nitrogens is 2. The third-order valence-corrected chi connectivity index (χ3v) is 4.94. The van der Waals surface area contributed by atoms with Crippen LogP contribution < -0.4 is 5.32 Å². The van der Waals surface area contributed by atoms with E-state index in [1.165, 1.54) is 18.2 Å². The Bertz CT molecular complexity index is 1330. The molecule has 7 heteroatoms. The lowest BCUT2D eigenvalue weighted by Crippen LogP contribution is -2.12. The first-order valence-electron chi connectivity index (χ1n) is 10.5. The number of benzene rings is 3. The maximum atomic E-state index is 13.5. The molecule has 3 aromatic carbocycles. The van der Waals surface area contributed by atoms with E-state index in [0.29, 0.717) is 11.4 Å². The Balaban J connectivity index is 1.72. The minimum Gasteiger partial charge on any atom is -0.461 e. The summed E-state index contributed by atoms with van der Waals surface area (Å²) in [7, 11) is 0. The number of carbonyl (C=O) groups is 2. The van der Waals surface area contributed by atoms with Gasteiger partial charge in [0.1, 0.15) is 5.82 Å². The molecule has 0 spiro atoms. The lowest BCUT2D eigenvalue weighted by molar-refractivity contribution is 0.0519. The van der Waals surface area contributed by atoms with Crippen LogP contribution in [0.5, 0.6) is 0 Å².